The van der Waals surface area contributed by atoms with Crippen molar-refractivity contribution in [2.75, 3.05) is 10.7 Å². The Labute approximate surface area is 175 Å². The molecule has 0 aliphatic heterocycles. The van der Waals surface area contributed by atoms with E-state index in [9.17, 15) is 19.8 Å². The standard InChI is InChI=1S/C20H15Cl2N3O4/c21-13-9-15(23-19(28)11-5-1-3-7-17(11)26)16(10-14(13)22)24-25-20(29)12-6-2-4-8-18(12)27/h1-10,24,26-27H,(H,23,28)(H,25,29). The number of hydrogen-bond donors (Lipinski definition) is 5. The second kappa shape index (κ2) is 8.72. The molecule has 0 spiro atoms. The van der Waals surface area contributed by atoms with Crippen molar-refractivity contribution < 1.29 is 19.8 Å². The van der Waals surface area contributed by atoms with E-state index in [4.69, 9.17) is 23.2 Å². The van der Waals surface area contributed by atoms with Crippen LogP contribution < -0.4 is 16.2 Å². The number of carbonyl (C=O) groups excluding carboxylic acids is 2. The summed E-state index contributed by atoms with van der Waals surface area (Å²) >= 11 is 12.1. The summed E-state index contributed by atoms with van der Waals surface area (Å²) in [6, 6.07) is 14.9. The van der Waals surface area contributed by atoms with Crippen LogP contribution in [0.2, 0.25) is 10.0 Å². The number of halogens is 2. The van der Waals surface area contributed by atoms with Gasteiger partial charge in [-0.1, -0.05) is 47.5 Å². The summed E-state index contributed by atoms with van der Waals surface area (Å²) in [6.45, 7) is 0. The van der Waals surface area contributed by atoms with Crippen LogP contribution in [0.15, 0.2) is 60.7 Å². The van der Waals surface area contributed by atoms with Gasteiger partial charge in [-0.3, -0.25) is 20.4 Å². The van der Waals surface area contributed by atoms with Gasteiger partial charge in [-0.05, 0) is 36.4 Å². The molecule has 5 N–H and O–H groups in total. The molecular weight excluding hydrogens is 417 g/mol. The van der Waals surface area contributed by atoms with Crippen LogP contribution >= 0.6 is 23.2 Å². The molecule has 0 atom stereocenters. The van der Waals surface area contributed by atoms with Crippen molar-refractivity contribution in [3.05, 3.63) is 81.8 Å². The summed E-state index contributed by atoms with van der Waals surface area (Å²) < 4.78 is 0. The number of amides is 2. The number of anilines is 2. The minimum absolute atomic E-state index is 0.0554. The number of aromatic hydroxyl groups is 2. The summed E-state index contributed by atoms with van der Waals surface area (Å²) in [4.78, 5) is 24.8. The Morgan fingerprint density at radius 2 is 1.21 bits per heavy atom. The van der Waals surface area contributed by atoms with Crippen LogP contribution in [0.4, 0.5) is 11.4 Å². The summed E-state index contributed by atoms with van der Waals surface area (Å²) in [5.41, 5.74) is 5.63. The van der Waals surface area contributed by atoms with E-state index in [0.29, 0.717) is 0 Å². The predicted octanol–water partition coefficient (Wildman–Crippen LogP) is 4.41. The van der Waals surface area contributed by atoms with Crippen LogP contribution in [0.5, 0.6) is 11.5 Å². The lowest BCUT2D eigenvalue weighted by atomic mass is 10.1. The number of phenols is 2. The molecule has 0 bridgehead atoms. The summed E-state index contributed by atoms with van der Waals surface area (Å²) in [5, 5.41) is 22.6. The second-order valence-electron chi connectivity index (χ2n) is 5.88. The Morgan fingerprint density at radius 3 is 1.76 bits per heavy atom. The molecule has 3 aromatic rings. The molecule has 0 aliphatic carbocycles. The molecule has 0 radical (unpaired) electrons. The maximum absolute atomic E-state index is 12.5. The first-order valence-electron chi connectivity index (χ1n) is 8.29. The van der Waals surface area contributed by atoms with Gasteiger partial charge in [0.25, 0.3) is 11.8 Å². The summed E-state index contributed by atoms with van der Waals surface area (Å²) in [5.74, 6) is -1.56. The topological polar surface area (TPSA) is 111 Å². The van der Waals surface area contributed by atoms with Gasteiger partial charge in [0.15, 0.2) is 0 Å². The van der Waals surface area contributed by atoms with E-state index in [0.717, 1.165) is 0 Å². The van der Waals surface area contributed by atoms with Crippen LogP contribution in [0.25, 0.3) is 0 Å². The number of benzene rings is 3. The van der Waals surface area contributed by atoms with Gasteiger partial charge in [0.1, 0.15) is 11.5 Å². The van der Waals surface area contributed by atoms with Crippen molar-refractivity contribution in [1.29, 1.82) is 0 Å². The summed E-state index contributed by atoms with van der Waals surface area (Å²) in [6.07, 6.45) is 0. The van der Waals surface area contributed by atoms with Gasteiger partial charge in [-0.2, -0.15) is 0 Å². The third-order valence-electron chi connectivity index (χ3n) is 3.92. The van der Waals surface area contributed by atoms with Crippen molar-refractivity contribution in [2.45, 2.75) is 0 Å². The third-order valence-corrected chi connectivity index (χ3v) is 4.64. The first-order valence-corrected chi connectivity index (χ1v) is 9.05. The van der Waals surface area contributed by atoms with Gasteiger partial charge in [-0.25, -0.2) is 0 Å². The van der Waals surface area contributed by atoms with E-state index in [1.165, 1.54) is 36.4 Å². The van der Waals surface area contributed by atoms with Crippen molar-refractivity contribution in [2.24, 2.45) is 0 Å². The third kappa shape index (κ3) is 4.71. The zero-order valence-electron chi connectivity index (χ0n) is 14.7. The van der Waals surface area contributed by atoms with Crippen molar-refractivity contribution in [3.63, 3.8) is 0 Å². The van der Waals surface area contributed by atoms with E-state index in [1.54, 1.807) is 24.3 Å². The lowest BCUT2D eigenvalue weighted by Crippen LogP contribution is -2.30. The van der Waals surface area contributed by atoms with Gasteiger partial charge >= 0.3 is 0 Å². The molecule has 29 heavy (non-hydrogen) atoms. The summed E-state index contributed by atoms with van der Waals surface area (Å²) in [7, 11) is 0. The van der Waals surface area contributed by atoms with Gasteiger partial charge in [-0.15, -0.1) is 0 Å². The van der Waals surface area contributed by atoms with Crippen molar-refractivity contribution in [1.82, 2.24) is 5.43 Å². The molecule has 0 fully saturated rings. The number of rotatable bonds is 5. The normalized spacial score (nSPS) is 10.3. The van der Waals surface area contributed by atoms with Crippen LogP contribution in [-0.4, -0.2) is 22.0 Å². The lowest BCUT2D eigenvalue weighted by Gasteiger charge is -2.16. The predicted molar refractivity (Wildman–Crippen MR) is 112 cm³/mol. The zero-order valence-corrected chi connectivity index (χ0v) is 16.3. The minimum atomic E-state index is -0.604. The maximum atomic E-state index is 12.5. The second-order valence-corrected chi connectivity index (χ2v) is 6.69. The van der Waals surface area contributed by atoms with Gasteiger partial charge in [0.2, 0.25) is 0 Å². The van der Waals surface area contributed by atoms with Crippen molar-refractivity contribution in [3.8, 4) is 11.5 Å². The first kappa shape index (κ1) is 20.3. The van der Waals surface area contributed by atoms with E-state index < -0.39 is 11.8 Å². The number of para-hydroxylation sites is 2. The van der Waals surface area contributed by atoms with Crippen molar-refractivity contribution >= 4 is 46.4 Å². The van der Waals surface area contributed by atoms with E-state index in [1.807, 2.05) is 0 Å². The van der Waals surface area contributed by atoms with E-state index >= 15 is 0 Å². The van der Waals surface area contributed by atoms with Crippen LogP contribution in [0, 0.1) is 0 Å². The Bertz CT molecular complexity index is 1090. The minimum Gasteiger partial charge on any atom is -0.507 e. The smallest absolute Gasteiger partial charge is 0.273 e. The average Bonchev–Trinajstić information content (AvgIpc) is 2.70. The Balaban J connectivity index is 1.83. The highest BCUT2D eigenvalue weighted by molar-refractivity contribution is 6.42. The molecular formula is C20H15Cl2N3O4. The molecule has 0 unspecified atom stereocenters. The highest BCUT2D eigenvalue weighted by Crippen LogP contribution is 2.33. The van der Waals surface area contributed by atoms with Crippen LogP contribution in [0.1, 0.15) is 20.7 Å². The van der Waals surface area contributed by atoms with E-state index in [-0.39, 0.29) is 44.0 Å². The number of hydrogen-bond acceptors (Lipinski definition) is 5. The number of carbonyl (C=O) groups is 2. The fourth-order valence-corrected chi connectivity index (χ4v) is 2.79. The number of nitrogens with one attached hydrogen (secondary N) is 3. The highest BCUT2D eigenvalue weighted by atomic mass is 35.5. The molecule has 148 valence electrons. The first-order chi connectivity index (χ1) is 13.9. The molecule has 7 nitrogen and oxygen atoms in total. The van der Waals surface area contributed by atoms with Gasteiger partial charge < -0.3 is 15.5 Å². The average molecular weight is 432 g/mol. The van der Waals surface area contributed by atoms with Crippen LogP contribution in [0.3, 0.4) is 0 Å². The van der Waals surface area contributed by atoms with Gasteiger partial charge in [0.05, 0.1) is 32.5 Å². The molecule has 2 amide bonds. The SMILES string of the molecule is O=C(NNc1cc(Cl)c(Cl)cc1NC(=O)c1ccccc1O)c1ccccc1O. The Kier molecular flexibility index (Phi) is 6.11. The molecule has 0 aliphatic rings. The number of hydrazine groups is 1. The molecule has 0 aromatic heterocycles. The Morgan fingerprint density at radius 1 is 0.724 bits per heavy atom. The fourth-order valence-electron chi connectivity index (χ4n) is 2.47. The maximum Gasteiger partial charge on any atom is 0.273 e. The largest absolute Gasteiger partial charge is 0.507 e. The zero-order chi connectivity index (χ0) is 21.0. The highest BCUT2D eigenvalue weighted by Gasteiger charge is 2.16. The van der Waals surface area contributed by atoms with Crippen LogP contribution in [-0.2, 0) is 0 Å². The fraction of sp³-hybridized carbons (Fsp3) is 0. The van der Waals surface area contributed by atoms with Gasteiger partial charge in [0, 0.05) is 0 Å². The molecule has 0 saturated carbocycles. The molecule has 9 heteroatoms. The molecule has 3 aromatic carbocycles. The molecule has 3 rings (SSSR count). The molecule has 0 heterocycles. The molecule has 0 saturated heterocycles. The quantitative estimate of drug-likeness (QED) is 0.384. The van der Waals surface area contributed by atoms with E-state index in [2.05, 4.69) is 16.2 Å². The monoisotopic (exact) mass is 431 g/mol. The number of phenolic OH excluding ortho intramolecular Hbond substituents is 2. The lowest BCUT2D eigenvalue weighted by molar-refractivity contribution is 0.0959. The Hall–Kier alpha value is -3.42.